The minimum absolute atomic E-state index is 0.192. The first-order chi connectivity index (χ1) is 12.6. The van der Waals surface area contributed by atoms with Gasteiger partial charge in [0.25, 0.3) is 5.91 Å². The minimum atomic E-state index is -0.839. The molecule has 1 aromatic carbocycles. The van der Waals surface area contributed by atoms with Gasteiger partial charge in [0.05, 0.1) is 0 Å². The maximum absolute atomic E-state index is 12.7. The number of rotatable bonds is 5. The third-order valence-corrected chi connectivity index (χ3v) is 4.16. The highest BCUT2D eigenvalue weighted by atomic mass is 16.2. The van der Waals surface area contributed by atoms with E-state index < -0.39 is 17.9 Å². The highest BCUT2D eigenvalue weighted by molar-refractivity contribution is 6.35. The lowest BCUT2D eigenvalue weighted by molar-refractivity contribution is -0.140. The fourth-order valence-corrected chi connectivity index (χ4v) is 2.94. The molecule has 7 heteroatoms. The third-order valence-electron chi connectivity index (χ3n) is 4.16. The van der Waals surface area contributed by atoms with Gasteiger partial charge in [-0.25, -0.2) is 0 Å². The van der Waals surface area contributed by atoms with Crippen LogP contribution in [0.3, 0.4) is 0 Å². The zero-order valence-electron chi connectivity index (χ0n) is 14.4. The molecule has 2 aromatic rings. The van der Waals surface area contributed by atoms with E-state index in [0.29, 0.717) is 12.1 Å². The van der Waals surface area contributed by atoms with Gasteiger partial charge in [-0.3, -0.25) is 19.4 Å². The summed E-state index contributed by atoms with van der Waals surface area (Å²) in [6.45, 7) is 2.74. The quantitative estimate of drug-likeness (QED) is 0.794. The smallest absolute Gasteiger partial charge is 0.310 e. The largest absolute Gasteiger partial charge is 0.344 e. The highest BCUT2D eigenvalue weighted by Crippen LogP contribution is 2.35. The first-order valence-corrected chi connectivity index (χ1v) is 8.49. The van der Waals surface area contributed by atoms with E-state index >= 15 is 0 Å². The second kappa shape index (κ2) is 7.77. The van der Waals surface area contributed by atoms with Gasteiger partial charge in [-0.1, -0.05) is 31.2 Å². The van der Waals surface area contributed by atoms with Crippen LogP contribution in [-0.2, 0) is 20.9 Å². The van der Waals surface area contributed by atoms with Crippen LogP contribution in [-0.4, -0.2) is 29.3 Å². The van der Waals surface area contributed by atoms with Gasteiger partial charge in [0.2, 0.25) is 0 Å². The van der Waals surface area contributed by atoms with E-state index in [9.17, 15) is 14.4 Å². The zero-order chi connectivity index (χ0) is 18.5. The Hall–Kier alpha value is -3.22. The summed E-state index contributed by atoms with van der Waals surface area (Å²) in [4.78, 5) is 42.5. The predicted octanol–water partition coefficient (Wildman–Crippen LogP) is 1.31. The van der Waals surface area contributed by atoms with Crippen molar-refractivity contribution in [1.82, 2.24) is 15.6 Å². The lowest BCUT2D eigenvalue weighted by atomic mass is 10.1. The normalized spacial score (nSPS) is 15.5. The van der Waals surface area contributed by atoms with Crippen molar-refractivity contribution in [2.24, 2.45) is 0 Å². The van der Waals surface area contributed by atoms with Gasteiger partial charge < -0.3 is 15.5 Å². The number of fused-ring (bicyclic) bond motifs is 1. The molecular weight excluding hydrogens is 332 g/mol. The van der Waals surface area contributed by atoms with Gasteiger partial charge in [-0.05, 0) is 24.1 Å². The monoisotopic (exact) mass is 352 g/mol. The van der Waals surface area contributed by atoms with Crippen molar-refractivity contribution in [3.8, 4) is 0 Å². The van der Waals surface area contributed by atoms with Crippen LogP contribution in [0.25, 0.3) is 0 Å². The van der Waals surface area contributed by atoms with E-state index in [1.165, 1.54) is 0 Å². The van der Waals surface area contributed by atoms with Gasteiger partial charge in [0.15, 0.2) is 0 Å². The van der Waals surface area contributed by atoms with Gasteiger partial charge >= 0.3 is 11.8 Å². The molecule has 26 heavy (non-hydrogen) atoms. The lowest BCUT2D eigenvalue weighted by Crippen LogP contribution is -2.44. The van der Waals surface area contributed by atoms with E-state index in [1.807, 2.05) is 25.1 Å². The van der Waals surface area contributed by atoms with Crippen LogP contribution in [0.1, 0.15) is 30.5 Å². The number of amides is 3. The maximum Gasteiger partial charge on any atom is 0.310 e. The van der Waals surface area contributed by atoms with Crippen molar-refractivity contribution in [2.75, 3.05) is 11.4 Å². The van der Waals surface area contributed by atoms with Crippen LogP contribution < -0.4 is 15.5 Å². The Morgan fingerprint density at radius 2 is 1.96 bits per heavy atom. The van der Waals surface area contributed by atoms with Crippen molar-refractivity contribution in [1.29, 1.82) is 0 Å². The minimum Gasteiger partial charge on any atom is -0.344 e. The number of hydrogen-bond acceptors (Lipinski definition) is 4. The molecule has 0 spiro atoms. The summed E-state index contributed by atoms with van der Waals surface area (Å²) in [5, 5.41) is 5.08. The Morgan fingerprint density at radius 3 is 2.69 bits per heavy atom. The molecule has 3 rings (SSSR count). The number of pyridine rings is 1. The number of benzene rings is 1. The third kappa shape index (κ3) is 3.56. The number of hydrogen-bond donors (Lipinski definition) is 2. The number of carbonyl (C=O) groups is 3. The first kappa shape index (κ1) is 17.6. The van der Waals surface area contributed by atoms with Crippen LogP contribution in [0.4, 0.5) is 5.69 Å². The maximum atomic E-state index is 12.7. The van der Waals surface area contributed by atoms with E-state index in [1.54, 1.807) is 35.5 Å². The van der Waals surface area contributed by atoms with Gasteiger partial charge in [0.1, 0.15) is 6.04 Å². The van der Waals surface area contributed by atoms with Crippen LogP contribution in [0.15, 0.2) is 48.8 Å². The molecule has 0 aliphatic carbocycles. The Balaban J connectivity index is 1.67. The molecular formula is C19H20N4O3. The van der Waals surface area contributed by atoms with Crippen molar-refractivity contribution in [3.63, 3.8) is 0 Å². The first-order valence-electron chi connectivity index (χ1n) is 8.49. The van der Waals surface area contributed by atoms with Gasteiger partial charge in [-0.15, -0.1) is 0 Å². The molecule has 7 nitrogen and oxygen atoms in total. The fraction of sp³-hybridized carbons (Fsp3) is 0.263. The molecule has 3 amide bonds. The summed E-state index contributed by atoms with van der Waals surface area (Å²) in [6.07, 6.45) is 4.03. The molecule has 1 unspecified atom stereocenters. The molecule has 134 valence electrons. The van der Waals surface area contributed by atoms with E-state index in [-0.39, 0.29) is 12.5 Å². The number of para-hydroxylation sites is 1. The Bertz CT molecular complexity index is 823. The average Bonchev–Trinajstić information content (AvgIpc) is 2.93. The Kier molecular flexibility index (Phi) is 5.26. The molecule has 0 radical (unpaired) electrons. The molecule has 0 saturated heterocycles. The molecule has 0 saturated carbocycles. The summed E-state index contributed by atoms with van der Waals surface area (Å²) in [6, 6.07) is 10.00. The Morgan fingerprint density at radius 1 is 1.15 bits per heavy atom. The molecule has 2 heterocycles. The second-order valence-corrected chi connectivity index (χ2v) is 6.00. The van der Waals surface area contributed by atoms with Crippen molar-refractivity contribution < 1.29 is 14.4 Å². The SMILES string of the molecule is CCCN1C(=O)C(NC(=O)C(=O)NCc2cccnc2)c2ccccc21. The summed E-state index contributed by atoms with van der Waals surface area (Å²) >= 11 is 0. The van der Waals surface area contributed by atoms with Crippen molar-refractivity contribution in [3.05, 3.63) is 59.9 Å². The second-order valence-electron chi connectivity index (χ2n) is 6.00. The van der Waals surface area contributed by atoms with Crippen LogP contribution >= 0.6 is 0 Å². The number of carbonyl (C=O) groups excluding carboxylic acids is 3. The Labute approximate surface area is 151 Å². The molecule has 1 aliphatic heterocycles. The zero-order valence-corrected chi connectivity index (χ0v) is 14.4. The molecule has 0 bridgehead atoms. The number of anilines is 1. The van der Waals surface area contributed by atoms with Crippen LogP contribution in [0, 0.1) is 0 Å². The highest BCUT2D eigenvalue weighted by Gasteiger charge is 2.38. The van der Waals surface area contributed by atoms with Crippen LogP contribution in [0.5, 0.6) is 0 Å². The van der Waals surface area contributed by atoms with E-state index in [2.05, 4.69) is 15.6 Å². The predicted molar refractivity (Wildman–Crippen MR) is 96.1 cm³/mol. The van der Waals surface area contributed by atoms with E-state index in [0.717, 1.165) is 17.7 Å². The molecule has 1 aliphatic rings. The summed E-state index contributed by atoms with van der Waals surface area (Å²) in [5.41, 5.74) is 2.27. The molecule has 1 aromatic heterocycles. The average molecular weight is 352 g/mol. The number of nitrogens with one attached hydrogen (secondary N) is 2. The van der Waals surface area contributed by atoms with Gasteiger partial charge in [-0.2, -0.15) is 0 Å². The standard InChI is InChI=1S/C19H20N4O3/c1-2-10-23-15-8-4-3-7-14(15)16(19(23)26)22-18(25)17(24)21-12-13-6-5-9-20-11-13/h3-9,11,16H,2,10,12H2,1H3,(H,21,24)(H,22,25). The van der Waals surface area contributed by atoms with Crippen LogP contribution in [0.2, 0.25) is 0 Å². The number of nitrogens with zero attached hydrogens (tertiary/aromatic N) is 2. The lowest BCUT2D eigenvalue weighted by Gasteiger charge is -2.17. The van der Waals surface area contributed by atoms with Crippen molar-refractivity contribution in [2.45, 2.75) is 25.9 Å². The number of aromatic nitrogens is 1. The molecule has 2 N–H and O–H groups in total. The fourth-order valence-electron chi connectivity index (χ4n) is 2.94. The van der Waals surface area contributed by atoms with Crippen molar-refractivity contribution >= 4 is 23.4 Å². The summed E-state index contributed by atoms with van der Waals surface area (Å²) in [5.74, 6) is -1.84. The van der Waals surface area contributed by atoms with E-state index in [4.69, 9.17) is 0 Å². The topological polar surface area (TPSA) is 91.4 Å². The summed E-state index contributed by atoms with van der Waals surface area (Å²) in [7, 11) is 0. The molecule has 0 fully saturated rings. The molecule has 1 atom stereocenters. The van der Waals surface area contributed by atoms with Gasteiger partial charge in [0, 0.05) is 36.7 Å². The summed E-state index contributed by atoms with van der Waals surface area (Å²) < 4.78 is 0.